The lowest BCUT2D eigenvalue weighted by molar-refractivity contribution is 0.0539. The molecule has 1 saturated heterocycles. The van der Waals surface area contributed by atoms with Crippen LogP contribution in [0, 0.1) is 5.92 Å². The largest absolute Gasteiger partial charge is 0.382 e. The first-order valence-corrected chi connectivity index (χ1v) is 7.63. The van der Waals surface area contributed by atoms with E-state index in [-0.39, 0.29) is 11.9 Å². The molecular weight excluding hydrogens is 276 g/mol. The fraction of sp³-hybridized carbons (Fsp3) is 0.692. The fourth-order valence-electron chi connectivity index (χ4n) is 2.28. The van der Waals surface area contributed by atoms with Crippen LogP contribution in [0.15, 0.2) is 0 Å². The Labute approximate surface area is 123 Å². The number of nitrogens with zero attached hydrogens (tertiary/aromatic N) is 2. The molecule has 2 heterocycles. The van der Waals surface area contributed by atoms with Gasteiger partial charge < -0.3 is 20.7 Å². The van der Waals surface area contributed by atoms with Gasteiger partial charge >= 0.3 is 0 Å². The number of thiazole rings is 1. The van der Waals surface area contributed by atoms with Crippen molar-refractivity contribution in [3.8, 4) is 0 Å². The van der Waals surface area contributed by atoms with Crippen molar-refractivity contribution in [1.29, 1.82) is 0 Å². The average Bonchev–Trinajstić information content (AvgIpc) is 2.82. The van der Waals surface area contributed by atoms with Crippen LogP contribution in [0.1, 0.15) is 29.4 Å². The number of amides is 1. The molecule has 112 valence electrons. The van der Waals surface area contributed by atoms with Crippen molar-refractivity contribution in [2.45, 2.75) is 25.8 Å². The molecule has 0 spiro atoms. The first kappa shape index (κ1) is 15.1. The second-order valence-corrected chi connectivity index (χ2v) is 6.29. The third-order valence-electron chi connectivity index (χ3n) is 3.56. The number of anilines is 2. The Morgan fingerprint density at radius 1 is 1.50 bits per heavy atom. The summed E-state index contributed by atoms with van der Waals surface area (Å²) in [6.45, 7) is 3.59. The summed E-state index contributed by atoms with van der Waals surface area (Å²) >= 11 is 1.32. The minimum absolute atomic E-state index is 0.121. The lowest BCUT2D eigenvalue weighted by Gasteiger charge is -2.28. The molecule has 1 aliphatic heterocycles. The Bertz CT molecular complexity index is 469. The van der Waals surface area contributed by atoms with Crippen molar-refractivity contribution in [3.63, 3.8) is 0 Å². The molecule has 1 unspecified atom stereocenters. The monoisotopic (exact) mass is 298 g/mol. The zero-order chi connectivity index (χ0) is 14.7. The number of aromatic nitrogens is 1. The second-order valence-electron chi connectivity index (χ2n) is 5.32. The summed E-state index contributed by atoms with van der Waals surface area (Å²) in [7, 11) is 3.76. The van der Waals surface area contributed by atoms with Crippen LogP contribution in [-0.2, 0) is 4.74 Å². The molecule has 6 nitrogen and oxygen atoms in total. The first-order chi connectivity index (χ1) is 9.49. The summed E-state index contributed by atoms with van der Waals surface area (Å²) in [5.41, 5.74) is 5.83. The SMILES string of the molecule is CC(NC(=O)c1sc(N(C)C)nc1N)C1CCOCC1. The van der Waals surface area contributed by atoms with Crippen LogP contribution < -0.4 is 16.0 Å². The maximum absolute atomic E-state index is 12.3. The highest BCUT2D eigenvalue weighted by Gasteiger charge is 2.24. The second kappa shape index (κ2) is 6.41. The lowest BCUT2D eigenvalue weighted by atomic mass is 9.93. The zero-order valence-electron chi connectivity index (χ0n) is 12.2. The van der Waals surface area contributed by atoms with Gasteiger partial charge in [0.2, 0.25) is 0 Å². The number of nitrogens with two attached hydrogens (primary N) is 1. The van der Waals surface area contributed by atoms with E-state index < -0.39 is 0 Å². The first-order valence-electron chi connectivity index (χ1n) is 6.81. The van der Waals surface area contributed by atoms with Gasteiger partial charge in [-0.1, -0.05) is 11.3 Å². The minimum Gasteiger partial charge on any atom is -0.382 e. The van der Waals surface area contributed by atoms with Gasteiger partial charge in [0.15, 0.2) is 5.13 Å². The molecule has 0 aromatic carbocycles. The van der Waals surface area contributed by atoms with Gasteiger partial charge in [0, 0.05) is 33.4 Å². The van der Waals surface area contributed by atoms with E-state index in [0.717, 1.165) is 31.2 Å². The molecule has 1 atom stereocenters. The molecule has 20 heavy (non-hydrogen) atoms. The highest BCUT2D eigenvalue weighted by Crippen LogP contribution is 2.27. The molecule has 3 N–H and O–H groups in total. The van der Waals surface area contributed by atoms with E-state index in [1.165, 1.54) is 11.3 Å². The van der Waals surface area contributed by atoms with Crippen LogP contribution >= 0.6 is 11.3 Å². The maximum Gasteiger partial charge on any atom is 0.265 e. The van der Waals surface area contributed by atoms with Gasteiger partial charge in [0.25, 0.3) is 5.91 Å². The van der Waals surface area contributed by atoms with Crippen LogP contribution in [-0.4, -0.2) is 44.2 Å². The smallest absolute Gasteiger partial charge is 0.265 e. The highest BCUT2D eigenvalue weighted by atomic mass is 32.1. The number of ether oxygens (including phenoxy) is 1. The van der Waals surface area contributed by atoms with Gasteiger partial charge in [-0.25, -0.2) is 4.98 Å². The number of hydrogen-bond acceptors (Lipinski definition) is 6. The Morgan fingerprint density at radius 3 is 2.70 bits per heavy atom. The number of rotatable bonds is 4. The number of carbonyl (C=O) groups excluding carboxylic acids is 1. The van der Waals surface area contributed by atoms with Crippen molar-refractivity contribution in [2.24, 2.45) is 5.92 Å². The molecule has 2 rings (SSSR count). The molecule has 0 radical (unpaired) electrons. The van der Waals surface area contributed by atoms with E-state index in [1.54, 1.807) is 0 Å². The average molecular weight is 298 g/mol. The summed E-state index contributed by atoms with van der Waals surface area (Å²) in [4.78, 5) is 18.8. The third-order valence-corrected chi connectivity index (χ3v) is 4.80. The van der Waals surface area contributed by atoms with E-state index >= 15 is 0 Å². The van der Waals surface area contributed by atoms with Crippen LogP contribution in [0.3, 0.4) is 0 Å². The van der Waals surface area contributed by atoms with Crippen molar-refractivity contribution < 1.29 is 9.53 Å². The number of hydrogen-bond donors (Lipinski definition) is 2. The summed E-state index contributed by atoms with van der Waals surface area (Å²) < 4.78 is 5.34. The quantitative estimate of drug-likeness (QED) is 0.876. The molecule has 0 saturated carbocycles. The molecule has 0 aliphatic carbocycles. The van der Waals surface area contributed by atoms with Gasteiger partial charge in [0.05, 0.1) is 0 Å². The Kier molecular flexibility index (Phi) is 4.82. The van der Waals surface area contributed by atoms with Gasteiger partial charge in [0.1, 0.15) is 10.7 Å². The molecule has 1 fully saturated rings. The van der Waals surface area contributed by atoms with E-state index in [4.69, 9.17) is 10.5 Å². The fourth-order valence-corrected chi connectivity index (χ4v) is 3.09. The van der Waals surface area contributed by atoms with Crippen LogP contribution in [0.2, 0.25) is 0 Å². The molecular formula is C13H22N4O2S. The summed E-state index contributed by atoms with van der Waals surface area (Å²) in [6.07, 6.45) is 1.98. The lowest BCUT2D eigenvalue weighted by Crippen LogP contribution is -2.40. The minimum atomic E-state index is -0.132. The number of carbonyl (C=O) groups is 1. The Balaban J connectivity index is 2.00. The number of nitrogen functional groups attached to an aromatic ring is 1. The van der Waals surface area contributed by atoms with Crippen molar-refractivity contribution in [3.05, 3.63) is 4.88 Å². The molecule has 1 amide bonds. The predicted octanol–water partition coefficient (Wildman–Crippen LogP) is 1.34. The molecule has 1 aliphatic rings. The molecule has 7 heteroatoms. The predicted molar refractivity (Wildman–Crippen MR) is 81.3 cm³/mol. The van der Waals surface area contributed by atoms with E-state index in [0.29, 0.717) is 16.6 Å². The van der Waals surface area contributed by atoms with Gasteiger partial charge in [-0.15, -0.1) is 0 Å². The summed E-state index contributed by atoms with van der Waals surface area (Å²) in [5.74, 6) is 0.637. The summed E-state index contributed by atoms with van der Waals surface area (Å²) in [5, 5.41) is 3.78. The third kappa shape index (κ3) is 3.40. The number of nitrogens with one attached hydrogen (secondary N) is 1. The molecule has 1 aromatic rings. The standard InChI is InChI=1S/C13H22N4O2S/c1-8(9-4-6-19-7-5-9)15-12(18)10-11(14)16-13(20-10)17(2)3/h8-9H,4-7,14H2,1-3H3,(H,15,18). The van der Waals surface area contributed by atoms with Crippen molar-refractivity contribution in [2.75, 3.05) is 37.9 Å². The molecule has 0 bridgehead atoms. The Hall–Kier alpha value is -1.34. The van der Waals surface area contributed by atoms with Crippen molar-refractivity contribution in [1.82, 2.24) is 10.3 Å². The van der Waals surface area contributed by atoms with Crippen LogP contribution in [0.25, 0.3) is 0 Å². The van der Waals surface area contributed by atoms with Crippen molar-refractivity contribution >= 4 is 28.2 Å². The maximum atomic E-state index is 12.3. The van der Waals surface area contributed by atoms with E-state index in [1.807, 2.05) is 25.9 Å². The molecule has 1 aromatic heterocycles. The van der Waals surface area contributed by atoms with Gasteiger partial charge in [-0.05, 0) is 25.7 Å². The normalized spacial score (nSPS) is 17.8. The van der Waals surface area contributed by atoms with Crippen LogP contribution in [0.5, 0.6) is 0 Å². The van der Waals surface area contributed by atoms with E-state index in [9.17, 15) is 4.79 Å². The topological polar surface area (TPSA) is 80.5 Å². The summed E-state index contributed by atoms with van der Waals surface area (Å²) in [6, 6.07) is 0.121. The van der Waals surface area contributed by atoms with Gasteiger partial charge in [-0.3, -0.25) is 4.79 Å². The zero-order valence-corrected chi connectivity index (χ0v) is 13.0. The highest BCUT2D eigenvalue weighted by molar-refractivity contribution is 7.18. The Morgan fingerprint density at radius 2 is 2.15 bits per heavy atom. The van der Waals surface area contributed by atoms with Gasteiger partial charge in [-0.2, -0.15) is 0 Å². The van der Waals surface area contributed by atoms with Crippen LogP contribution in [0.4, 0.5) is 10.9 Å². The van der Waals surface area contributed by atoms with E-state index in [2.05, 4.69) is 10.3 Å².